The van der Waals surface area contributed by atoms with E-state index in [9.17, 15) is 24.0 Å². The number of hydrogen-bond acceptors (Lipinski definition) is 7. The topological polar surface area (TPSA) is 188 Å². The van der Waals surface area contributed by atoms with Crippen molar-refractivity contribution in [3.05, 3.63) is 0 Å². The van der Waals surface area contributed by atoms with Crippen LogP contribution in [-0.2, 0) is 24.0 Å². The van der Waals surface area contributed by atoms with Crippen molar-refractivity contribution in [1.29, 1.82) is 0 Å². The summed E-state index contributed by atoms with van der Waals surface area (Å²) in [5, 5.41) is 24.7. The molecular weight excluding hydrogens is 368 g/mol. The van der Waals surface area contributed by atoms with Gasteiger partial charge in [0.1, 0.15) is 12.1 Å². The molecule has 7 N–H and O–H groups in total. The van der Waals surface area contributed by atoms with Gasteiger partial charge in [-0.3, -0.25) is 19.2 Å². The predicted octanol–water partition coefficient (Wildman–Crippen LogP) is -2.27. The molecule has 0 radical (unpaired) electrons. The van der Waals surface area contributed by atoms with Gasteiger partial charge in [-0.25, -0.2) is 4.79 Å². The summed E-state index contributed by atoms with van der Waals surface area (Å²) in [4.78, 5) is 57.0. The van der Waals surface area contributed by atoms with Crippen LogP contribution >= 0.6 is 11.8 Å². The Labute approximate surface area is 154 Å². The predicted molar refractivity (Wildman–Crippen MR) is 93.4 cm³/mol. The van der Waals surface area contributed by atoms with Gasteiger partial charge in [0, 0.05) is 6.42 Å². The lowest BCUT2D eigenvalue weighted by molar-refractivity contribution is -0.143. The number of carboxylic acids is 2. The molecule has 26 heavy (non-hydrogen) atoms. The highest BCUT2D eigenvalue weighted by atomic mass is 32.2. The van der Waals surface area contributed by atoms with Crippen LogP contribution in [-0.4, -0.2) is 77.1 Å². The summed E-state index contributed by atoms with van der Waals surface area (Å²) in [6.07, 6.45) is 1.32. The van der Waals surface area contributed by atoms with Crippen molar-refractivity contribution in [3.63, 3.8) is 0 Å². The van der Waals surface area contributed by atoms with Crippen LogP contribution in [0.1, 0.15) is 19.3 Å². The maximum absolute atomic E-state index is 12.3. The Hall–Kier alpha value is -2.34. The van der Waals surface area contributed by atoms with Gasteiger partial charge < -0.3 is 31.9 Å². The van der Waals surface area contributed by atoms with Crippen molar-refractivity contribution >= 4 is 41.4 Å². The van der Waals surface area contributed by atoms with Gasteiger partial charge in [-0.2, -0.15) is 11.8 Å². The largest absolute Gasteiger partial charge is 0.481 e. The minimum Gasteiger partial charge on any atom is -0.481 e. The van der Waals surface area contributed by atoms with Crippen LogP contribution in [0.25, 0.3) is 0 Å². The lowest BCUT2D eigenvalue weighted by Crippen LogP contribution is -2.53. The lowest BCUT2D eigenvalue weighted by Gasteiger charge is -2.21. The molecule has 0 aromatic heterocycles. The summed E-state index contributed by atoms with van der Waals surface area (Å²) >= 11 is 1.41. The highest BCUT2D eigenvalue weighted by Gasteiger charge is 2.26. The molecule has 0 heterocycles. The van der Waals surface area contributed by atoms with Crippen molar-refractivity contribution in [2.24, 2.45) is 5.73 Å². The zero-order valence-corrected chi connectivity index (χ0v) is 15.1. The second-order valence-electron chi connectivity index (χ2n) is 5.21. The molecule has 0 spiro atoms. The molecule has 0 aromatic rings. The first-order chi connectivity index (χ1) is 12.2. The number of hydrogen-bond donors (Lipinski definition) is 6. The first-order valence-electron chi connectivity index (χ1n) is 7.71. The number of carbonyl (C=O) groups excluding carboxylic acids is 3. The smallest absolute Gasteiger partial charge is 0.326 e. The molecule has 0 aliphatic rings. The van der Waals surface area contributed by atoms with Crippen molar-refractivity contribution in [1.82, 2.24) is 16.0 Å². The Kier molecular flexibility index (Phi) is 11.8. The number of nitrogens with two attached hydrogens (primary N) is 1. The summed E-state index contributed by atoms with van der Waals surface area (Å²) in [5.41, 5.74) is 5.08. The molecule has 148 valence electrons. The maximum Gasteiger partial charge on any atom is 0.326 e. The van der Waals surface area contributed by atoms with Crippen LogP contribution in [0.2, 0.25) is 0 Å². The van der Waals surface area contributed by atoms with Crippen LogP contribution in [0.4, 0.5) is 0 Å². The van der Waals surface area contributed by atoms with Crippen molar-refractivity contribution in [3.8, 4) is 0 Å². The number of rotatable bonds is 13. The minimum absolute atomic E-state index is 0.175. The van der Waals surface area contributed by atoms with Gasteiger partial charge in [0.2, 0.25) is 17.7 Å². The first-order valence-corrected chi connectivity index (χ1v) is 9.10. The van der Waals surface area contributed by atoms with Crippen molar-refractivity contribution < 1.29 is 34.2 Å². The van der Waals surface area contributed by atoms with E-state index < -0.39 is 54.7 Å². The Morgan fingerprint density at radius 1 is 1.00 bits per heavy atom. The third kappa shape index (κ3) is 10.5. The fourth-order valence-corrected chi connectivity index (χ4v) is 2.27. The summed E-state index contributed by atoms with van der Waals surface area (Å²) in [6, 6.07) is -2.40. The van der Waals surface area contributed by atoms with Crippen molar-refractivity contribution in [2.45, 2.75) is 31.3 Å². The van der Waals surface area contributed by atoms with E-state index in [4.69, 9.17) is 15.9 Å². The fourth-order valence-electron chi connectivity index (χ4n) is 1.80. The third-order valence-electron chi connectivity index (χ3n) is 3.16. The van der Waals surface area contributed by atoms with Gasteiger partial charge in [-0.05, 0) is 24.9 Å². The van der Waals surface area contributed by atoms with E-state index in [1.807, 2.05) is 0 Å². The van der Waals surface area contributed by atoms with Crippen LogP contribution in [0.5, 0.6) is 0 Å². The van der Waals surface area contributed by atoms with E-state index in [-0.39, 0.29) is 19.4 Å². The fraction of sp³-hybridized carbons (Fsp3) is 0.643. The molecule has 0 aliphatic carbocycles. The molecule has 11 nitrogen and oxygen atoms in total. The van der Waals surface area contributed by atoms with E-state index in [0.717, 1.165) is 0 Å². The Morgan fingerprint density at radius 3 is 2.15 bits per heavy atom. The molecule has 0 bridgehead atoms. The molecule has 0 aromatic carbocycles. The Balaban J connectivity index is 4.88. The molecule has 12 heteroatoms. The second-order valence-corrected chi connectivity index (χ2v) is 6.20. The lowest BCUT2D eigenvalue weighted by atomic mass is 10.1. The Morgan fingerprint density at radius 2 is 1.65 bits per heavy atom. The van der Waals surface area contributed by atoms with E-state index in [1.165, 1.54) is 11.8 Å². The Bertz CT molecular complexity index is 529. The number of carboxylic acid groups (broad SMARTS) is 2. The standard InChI is InChI=1S/C14H24N4O7S/c1-26-5-4-9(14(24)25)18-13(23)8(2-3-12(21)22)17-11(20)7-16-10(19)6-15/h8-9H,2-7,15H2,1H3,(H,16,19)(H,17,20)(H,18,23)(H,21,22)(H,24,25). The molecule has 0 rings (SSSR count). The molecule has 0 aliphatic heterocycles. The SMILES string of the molecule is CSCCC(NC(=O)C(CCC(=O)O)NC(=O)CNC(=O)CN)C(=O)O. The average molecular weight is 392 g/mol. The molecule has 0 saturated carbocycles. The maximum atomic E-state index is 12.3. The number of nitrogens with one attached hydrogen (secondary N) is 3. The molecular formula is C14H24N4O7S. The summed E-state index contributed by atoms with van der Waals surface area (Å²) in [6.45, 7) is -0.756. The summed E-state index contributed by atoms with van der Waals surface area (Å²) in [7, 11) is 0. The van der Waals surface area contributed by atoms with E-state index in [1.54, 1.807) is 6.26 Å². The number of carbonyl (C=O) groups is 5. The average Bonchev–Trinajstić information content (AvgIpc) is 2.59. The van der Waals surface area contributed by atoms with Crippen molar-refractivity contribution in [2.75, 3.05) is 25.1 Å². The normalized spacial score (nSPS) is 12.5. The summed E-state index contributed by atoms with van der Waals surface area (Å²) < 4.78 is 0. The number of aliphatic carboxylic acids is 2. The molecule has 0 fully saturated rings. The molecule has 2 unspecified atom stereocenters. The molecule has 0 saturated heterocycles. The summed E-state index contributed by atoms with van der Waals surface area (Å²) in [5.74, 6) is -4.02. The number of amides is 3. The van der Waals surface area contributed by atoms with Crippen LogP contribution in [0.3, 0.4) is 0 Å². The third-order valence-corrected chi connectivity index (χ3v) is 3.80. The van der Waals surface area contributed by atoms with Gasteiger partial charge in [0.15, 0.2) is 0 Å². The second kappa shape index (κ2) is 12.9. The van der Waals surface area contributed by atoms with Gasteiger partial charge in [0.25, 0.3) is 0 Å². The van der Waals surface area contributed by atoms with Crippen LogP contribution in [0.15, 0.2) is 0 Å². The van der Waals surface area contributed by atoms with E-state index in [0.29, 0.717) is 5.75 Å². The quantitative estimate of drug-likeness (QED) is 0.201. The van der Waals surface area contributed by atoms with Crippen LogP contribution < -0.4 is 21.7 Å². The zero-order chi connectivity index (χ0) is 20.1. The highest BCUT2D eigenvalue weighted by molar-refractivity contribution is 7.98. The van der Waals surface area contributed by atoms with E-state index >= 15 is 0 Å². The van der Waals surface area contributed by atoms with Gasteiger partial charge in [-0.1, -0.05) is 0 Å². The molecule has 2 atom stereocenters. The first kappa shape index (κ1) is 23.7. The van der Waals surface area contributed by atoms with Crippen LogP contribution in [0, 0.1) is 0 Å². The van der Waals surface area contributed by atoms with E-state index in [2.05, 4.69) is 16.0 Å². The minimum atomic E-state index is -1.25. The van der Waals surface area contributed by atoms with Gasteiger partial charge in [0.05, 0.1) is 13.1 Å². The van der Waals surface area contributed by atoms with Gasteiger partial charge in [-0.15, -0.1) is 0 Å². The molecule has 3 amide bonds. The number of thioether (sulfide) groups is 1. The zero-order valence-electron chi connectivity index (χ0n) is 14.3. The van der Waals surface area contributed by atoms with Gasteiger partial charge >= 0.3 is 11.9 Å². The monoisotopic (exact) mass is 392 g/mol. The highest BCUT2D eigenvalue weighted by Crippen LogP contribution is 2.04.